The highest BCUT2D eigenvalue weighted by Crippen LogP contribution is 2.08. The highest BCUT2D eigenvalue weighted by atomic mass is 15.0. The normalized spacial score (nSPS) is 11.3. The molecule has 0 unspecified atom stereocenters. The van der Waals surface area contributed by atoms with E-state index in [-0.39, 0.29) is 0 Å². The molecule has 1 aromatic heterocycles. The molecule has 0 bridgehead atoms. The van der Waals surface area contributed by atoms with Crippen molar-refractivity contribution in [3.8, 4) is 0 Å². The Labute approximate surface area is 112 Å². The third-order valence-electron chi connectivity index (χ3n) is 3.33. The van der Waals surface area contributed by atoms with Crippen molar-refractivity contribution in [1.29, 1.82) is 0 Å². The summed E-state index contributed by atoms with van der Waals surface area (Å²) < 4.78 is 2.09. The predicted molar refractivity (Wildman–Crippen MR) is 77.7 cm³/mol. The van der Waals surface area contributed by atoms with Gasteiger partial charge in [0.2, 0.25) is 0 Å². The van der Waals surface area contributed by atoms with Crippen LogP contribution in [0.15, 0.2) is 12.4 Å². The molecule has 1 aromatic rings. The summed E-state index contributed by atoms with van der Waals surface area (Å²) in [7, 11) is 2.05. The van der Waals surface area contributed by atoms with Crippen LogP contribution in [0, 0.1) is 5.92 Å². The first kappa shape index (κ1) is 15.2. The lowest BCUT2D eigenvalue weighted by Gasteiger charge is -2.06. The molecule has 18 heavy (non-hydrogen) atoms. The van der Waals surface area contributed by atoms with Gasteiger partial charge in [-0.15, -0.1) is 0 Å². The number of hydrogen-bond acceptors (Lipinski definition) is 2. The van der Waals surface area contributed by atoms with Crippen molar-refractivity contribution >= 4 is 0 Å². The lowest BCUT2D eigenvalue weighted by atomic mass is 10.0. The second-order valence-electron chi connectivity index (χ2n) is 5.55. The summed E-state index contributed by atoms with van der Waals surface area (Å²) in [6.45, 7) is 6.79. The van der Waals surface area contributed by atoms with Crippen molar-refractivity contribution in [3.05, 3.63) is 18.2 Å². The van der Waals surface area contributed by atoms with Gasteiger partial charge in [-0.05, 0) is 18.9 Å². The molecule has 0 saturated carbocycles. The monoisotopic (exact) mass is 251 g/mol. The summed E-state index contributed by atoms with van der Waals surface area (Å²) in [6, 6.07) is 0. The maximum atomic E-state index is 4.31. The van der Waals surface area contributed by atoms with E-state index in [9.17, 15) is 0 Å². The minimum atomic E-state index is 0.862. The average molecular weight is 251 g/mol. The molecule has 0 aliphatic carbocycles. The number of unbranched alkanes of at least 4 members (excludes halogenated alkanes) is 3. The van der Waals surface area contributed by atoms with Crippen LogP contribution in [0.25, 0.3) is 0 Å². The van der Waals surface area contributed by atoms with Gasteiger partial charge in [0, 0.05) is 32.4 Å². The number of nitrogens with one attached hydrogen (secondary N) is 1. The van der Waals surface area contributed by atoms with E-state index in [1.807, 2.05) is 12.4 Å². The Bertz CT molecular complexity index is 304. The third-order valence-corrected chi connectivity index (χ3v) is 3.33. The van der Waals surface area contributed by atoms with Gasteiger partial charge >= 0.3 is 0 Å². The molecule has 0 aliphatic rings. The molecule has 0 atom stereocenters. The minimum absolute atomic E-state index is 0.862. The maximum Gasteiger partial charge on any atom is 0.109 e. The van der Waals surface area contributed by atoms with Crippen LogP contribution in [-0.4, -0.2) is 22.6 Å². The number of hydrogen-bond donors (Lipinski definition) is 1. The van der Waals surface area contributed by atoms with E-state index in [2.05, 4.69) is 35.8 Å². The van der Waals surface area contributed by atoms with E-state index in [1.165, 1.54) is 37.9 Å². The summed E-state index contributed by atoms with van der Waals surface area (Å²) in [6.07, 6.45) is 11.7. The summed E-state index contributed by atoms with van der Waals surface area (Å²) in [5.74, 6) is 2.03. The predicted octanol–water partition coefficient (Wildman–Crippen LogP) is 3.16. The van der Waals surface area contributed by atoms with E-state index < -0.39 is 0 Å². The third kappa shape index (κ3) is 6.80. The Morgan fingerprint density at radius 2 is 1.94 bits per heavy atom. The van der Waals surface area contributed by atoms with Gasteiger partial charge in [0.25, 0.3) is 0 Å². The van der Waals surface area contributed by atoms with E-state index in [1.54, 1.807) is 0 Å². The molecule has 0 radical (unpaired) electrons. The molecule has 0 amide bonds. The summed E-state index contributed by atoms with van der Waals surface area (Å²) in [5.41, 5.74) is 0. The highest BCUT2D eigenvalue weighted by Gasteiger charge is 1.98. The average Bonchev–Trinajstić information content (AvgIpc) is 2.72. The van der Waals surface area contributed by atoms with Crippen LogP contribution >= 0.6 is 0 Å². The lowest BCUT2D eigenvalue weighted by molar-refractivity contribution is 0.512. The minimum Gasteiger partial charge on any atom is -0.338 e. The topological polar surface area (TPSA) is 29.9 Å². The van der Waals surface area contributed by atoms with Gasteiger partial charge < -0.3 is 9.88 Å². The summed E-state index contributed by atoms with van der Waals surface area (Å²) in [5, 5.41) is 3.50. The number of aryl methyl sites for hydroxylation is 1. The molecular weight excluding hydrogens is 222 g/mol. The molecule has 3 heteroatoms. The van der Waals surface area contributed by atoms with Gasteiger partial charge in [0.05, 0.1) is 0 Å². The largest absolute Gasteiger partial charge is 0.338 e. The van der Waals surface area contributed by atoms with Gasteiger partial charge in [0.15, 0.2) is 0 Å². The quantitative estimate of drug-likeness (QED) is 0.647. The van der Waals surface area contributed by atoms with E-state index in [4.69, 9.17) is 0 Å². The van der Waals surface area contributed by atoms with Crippen LogP contribution in [0.3, 0.4) is 0 Å². The first-order valence-corrected chi connectivity index (χ1v) is 7.37. The van der Waals surface area contributed by atoms with Crippen molar-refractivity contribution in [2.45, 2.75) is 52.4 Å². The molecule has 1 rings (SSSR count). The zero-order chi connectivity index (χ0) is 13.2. The number of rotatable bonds is 10. The van der Waals surface area contributed by atoms with E-state index in [0.717, 1.165) is 25.4 Å². The zero-order valence-corrected chi connectivity index (χ0v) is 12.3. The van der Waals surface area contributed by atoms with Crippen LogP contribution in [0.4, 0.5) is 0 Å². The van der Waals surface area contributed by atoms with Gasteiger partial charge in [0.1, 0.15) is 5.82 Å². The van der Waals surface area contributed by atoms with Crippen LogP contribution < -0.4 is 5.32 Å². The molecule has 1 heterocycles. The van der Waals surface area contributed by atoms with Crippen molar-refractivity contribution in [2.75, 3.05) is 13.1 Å². The van der Waals surface area contributed by atoms with Crippen molar-refractivity contribution in [3.63, 3.8) is 0 Å². The fourth-order valence-electron chi connectivity index (χ4n) is 2.12. The SMILES string of the molecule is CC(C)CCCCCCNCCc1nccn1C. The summed E-state index contributed by atoms with van der Waals surface area (Å²) in [4.78, 5) is 4.31. The Morgan fingerprint density at radius 3 is 2.61 bits per heavy atom. The second-order valence-corrected chi connectivity index (χ2v) is 5.55. The van der Waals surface area contributed by atoms with Gasteiger partial charge in [-0.1, -0.05) is 39.5 Å². The first-order valence-electron chi connectivity index (χ1n) is 7.37. The smallest absolute Gasteiger partial charge is 0.109 e. The molecular formula is C15H29N3. The highest BCUT2D eigenvalue weighted by molar-refractivity contribution is 4.91. The van der Waals surface area contributed by atoms with Gasteiger partial charge in [-0.3, -0.25) is 0 Å². The van der Waals surface area contributed by atoms with Crippen LogP contribution in [0.1, 0.15) is 51.8 Å². The molecule has 104 valence electrons. The Morgan fingerprint density at radius 1 is 1.17 bits per heavy atom. The second kappa shape index (κ2) is 9.15. The van der Waals surface area contributed by atoms with Crippen LogP contribution in [0.5, 0.6) is 0 Å². The molecule has 0 spiro atoms. The molecule has 0 aromatic carbocycles. The van der Waals surface area contributed by atoms with Crippen molar-refractivity contribution in [2.24, 2.45) is 13.0 Å². The Hall–Kier alpha value is -0.830. The molecule has 0 aliphatic heterocycles. The Kier molecular flexibility index (Phi) is 7.74. The molecule has 3 nitrogen and oxygen atoms in total. The number of imidazole rings is 1. The van der Waals surface area contributed by atoms with Crippen LogP contribution in [-0.2, 0) is 13.5 Å². The molecule has 0 saturated heterocycles. The fraction of sp³-hybridized carbons (Fsp3) is 0.800. The van der Waals surface area contributed by atoms with Crippen LogP contribution in [0.2, 0.25) is 0 Å². The maximum absolute atomic E-state index is 4.31. The zero-order valence-electron chi connectivity index (χ0n) is 12.3. The van der Waals surface area contributed by atoms with Crippen molar-refractivity contribution < 1.29 is 0 Å². The number of nitrogens with zero attached hydrogens (tertiary/aromatic N) is 2. The lowest BCUT2D eigenvalue weighted by Crippen LogP contribution is -2.19. The Balaban J connectivity index is 1.86. The number of aromatic nitrogens is 2. The standard InChI is InChI=1S/C15H29N3/c1-14(2)8-6-4-5-7-10-16-11-9-15-17-12-13-18(15)3/h12-14,16H,4-11H2,1-3H3. The van der Waals surface area contributed by atoms with Gasteiger partial charge in [-0.2, -0.15) is 0 Å². The molecule has 0 fully saturated rings. The van der Waals surface area contributed by atoms with Gasteiger partial charge in [-0.25, -0.2) is 4.98 Å². The van der Waals surface area contributed by atoms with E-state index in [0.29, 0.717) is 0 Å². The fourth-order valence-corrected chi connectivity index (χ4v) is 2.12. The first-order chi connectivity index (χ1) is 8.70. The van der Waals surface area contributed by atoms with Crippen molar-refractivity contribution in [1.82, 2.24) is 14.9 Å². The van der Waals surface area contributed by atoms with E-state index >= 15 is 0 Å². The summed E-state index contributed by atoms with van der Waals surface area (Å²) >= 11 is 0. The molecule has 1 N–H and O–H groups in total.